The number of hydrogen-bond donors (Lipinski definition) is 1. The van der Waals surface area contributed by atoms with Crippen molar-refractivity contribution < 1.29 is 9.90 Å². The van der Waals surface area contributed by atoms with Gasteiger partial charge in [-0.3, -0.25) is 4.79 Å². The number of ketones is 1. The third kappa shape index (κ3) is 2.35. The van der Waals surface area contributed by atoms with Crippen molar-refractivity contribution in [3.8, 4) is 0 Å². The molecule has 1 N–H and O–H groups in total. The zero-order chi connectivity index (χ0) is 10.3. The number of hydrogen-bond acceptors (Lipinski definition) is 2. The van der Waals surface area contributed by atoms with E-state index in [1.54, 1.807) is 0 Å². The predicted octanol–water partition coefficient (Wildman–Crippen LogP) is 2.79. The minimum absolute atomic E-state index is 0. The van der Waals surface area contributed by atoms with Crippen LogP contribution >= 0.6 is 0 Å². The van der Waals surface area contributed by atoms with Gasteiger partial charge in [0.05, 0.1) is 5.60 Å². The molecule has 1 rings (SSSR count). The fourth-order valence-corrected chi connectivity index (χ4v) is 1.87. The maximum Gasteiger partial charge on any atom is 0.143 e. The largest absolute Gasteiger partial charge is 0.389 e. The summed E-state index contributed by atoms with van der Waals surface area (Å²) in [5.41, 5.74) is -1.02. The van der Waals surface area contributed by atoms with Crippen molar-refractivity contribution in [1.29, 1.82) is 0 Å². The van der Waals surface area contributed by atoms with E-state index in [4.69, 9.17) is 0 Å². The van der Waals surface area contributed by atoms with Gasteiger partial charge in [0, 0.05) is 11.3 Å². The van der Waals surface area contributed by atoms with Gasteiger partial charge in [-0.1, -0.05) is 35.1 Å². The van der Waals surface area contributed by atoms with Crippen LogP contribution in [0, 0.1) is 11.3 Å². The average Bonchev–Trinajstić information content (AvgIpc) is 1.95. The second-order valence-electron chi connectivity index (χ2n) is 5.29. The molecule has 0 radical (unpaired) electrons. The fourth-order valence-electron chi connectivity index (χ4n) is 1.87. The zero-order valence-corrected chi connectivity index (χ0v) is 9.05. The first-order valence-corrected chi connectivity index (χ1v) is 5.04. The van der Waals surface area contributed by atoms with E-state index in [1.165, 1.54) is 0 Å². The van der Waals surface area contributed by atoms with Crippen LogP contribution in [0.5, 0.6) is 0 Å². The summed E-state index contributed by atoms with van der Waals surface area (Å²) in [5, 5.41) is 9.99. The van der Waals surface area contributed by atoms with Crippen LogP contribution in [-0.4, -0.2) is 16.5 Å². The van der Waals surface area contributed by atoms with Gasteiger partial charge in [0.2, 0.25) is 0 Å². The van der Waals surface area contributed by atoms with E-state index in [1.807, 2.05) is 27.7 Å². The molecule has 2 heteroatoms. The molecule has 1 saturated carbocycles. The van der Waals surface area contributed by atoms with Crippen LogP contribution in [0.15, 0.2) is 0 Å². The van der Waals surface area contributed by atoms with Gasteiger partial charge in [-0.25, -0.2) is 0 Å². The minimum atomic E-state index is -0.690. The number of rotatable bonds is 2. The summed E-state index contributed by atoms with van der Waals surface area (Å²) in [6.07, 6.45) is 2.63. The summed E-state index contributed by atoms with van der Waals surface area (Å²) in [4.78, 5) is 11.8. The molecule has 1 atom stereocenters. The Morgan fingerprint density at radius 2 is 1.79 bits per heavy atom. The first kappa shape index (κ1) is 13.6. The fraction of sp³-hybridized carbons (Fsp3) is 0.917. The molecule has 0 heterocycles. The minimum Gasteiger partial charge on any atom is -0.389 e. The second-order valence-corrected chi connectivity index (χ2v) is 5.29. The SMILES string of the molecule is C.CC(C(=O)C(C)(C)C)C1(O)CCC1. The molecule has 2 nitrogen and oxygen atoms in total. The van der Waals surface area contributed by atoms with E-state index in [0.29, 0.717) is 0 Å². The Bertz CT molecular complexity index is 209. The van der Waals surface area contributed by atoms with Gasteiger partial charge in [0.15, 0.2) is 0 Å². The van der Waals surface area contributed by atoms with Crippen LogP contribution in [0.2, 0.25) is 0 Å². The van der Waals surface area contributed by atoms with E-state index >= 15 is 0 Å². The van der Waals surface area contributed by atoms with Crippen molar-refractivity contribution in [3.63, 3.8) is 0 Å². The van der Waals surface area contributed by atoms with E-state index in [2.05, 4.69) is 0 Å². The highest BCUT2D eigenvalue weighted by Crippen LogP contribution is 2.40. The molecule has 0 aromatic heterocycles. The Morgan fingerprint density at radius 3 is 2.00 bits per heavy atom. The molecule has 0 aromatic rings. The Kier molecular flexibility index (Phi) is 3.91. The molecule has 1 aliphatic rings. The molecular weight excluding hydrogens is 176 g/mol. The monoisotopic (exact) mass is 200 g/mol. The summed E-state index contributed by atoms with van der Waals surface area (Å²) in [6.45, 7) is 7.59. The van der Waals surface area contributed by atoms with E-state index in [9.17, 15) is 9.90 Å². The number of Topliss-reactive ketones (excluding diaryl/α,β-unsaturated/α-hetero) is 1. The van der Waals surface area contributed by atoms with E-state index in [0.717, 1.165) is 19.3 Å². The van der Waals surface area contributed by atoms with E-state index in [-0.39, 0.29) is 24.5 Å². The first-order chi connectivity index (χ1) is 5.77. The molecule has 0 spiro atoms. The quantitative estimate of drug-likeness (QED) is 0.744. The van der Waals surface area contributed by atoms with Crippen LogP contribution in [0.4, 0.5) is 0 Å². The maximum atomic E-state index is 11.8. The maximum absolute atomic E-state index is 11.8. The molecule has 0 aromatic carbocycles. The van der Waals surface area contributed by atoms with Crippen molar-refractivity contribution in [3.05, 3.63) is 0 Å². The lowest BCUT2D eigenvalue weighted by atomic mass is 9.66. The summed E-state index contributed by atoms with van der Waals surface area (Å²) >= 11 is 0. The Morgan fingerprint density at radius 1 is 1.36 bits per heavy atom. The topological polar surface area (TPSA) is 37.3 Å². The number of aliphatic hydroxyl groups is 1. The van der Waals surface area contributed by atoms with Gasteiger partial charge < -0.3 is 5.11 Å². The smallest absolute Gasteiger partial charge is 0.143 e. The second kappa shape index (κ2) is 4.01. The van der Waals surface area contributed by atoms with Crippen molar-refractivity contribution in [2.24, 2.45) is 11.3 Å². The summed E-state index contributed by atoms with van der Waals surface area (Å²) in [5.74, 6) is -0.0315. The van der Waals surface area contributed by atoms with Gasteiger partial charge in [-0.05, 0) is 19.3 Å². The third-order valence-corrected chi connectivity index (χ3v) is 3.16. The molecule has 0 aliphatic heterocycles. The Balaban J connectivity index is 0.00000169. The molecule has 0 amide bonds. The van der Waals surface area contributed by atoms with Crippen molar-refractivity contribution in [1.82, 2.24) is 0 Å². The Labute approximate surface area is 87.7 Å². The highest BCUT2D eigenvalue weighted by Gasteiger charge is 2.45. The number of carbonyl (C=O) groups is 1. The highest BCUT2D eigenvalue weighted by atomic mass is 16.3. The van der Waals surface area contributed by atoms with Gasteiger partial charge in [-0.15, -0.1) is 0 Å². The van der Waals surface area contributed by atoms with Crippen molar-refractivity contribution in [2.75, 3.05) is 0 Å². The van der Waals surface area contributed by atoms with Crippen LogP contribution in [0.1, 0.15) is 54.4 Å². The van der Waals surface area contributed by atoms with Crippen molar-refractivity contribution >= 4 is 5.78 Å². The molecular formula is C12H24O2. The van der Waals surface area contributed by atoms with Crippen LogP contribution in [0.3, 0.4) is 0 Å². The average molecular weight is 200 g/mol. The van der Waals surface area contributed by atoms with Gasteiger partial charge in [-0.2, -0.15) is 0 Å². The van der Waals surface area contributed by atoms with Crippen LogP contribution in [-0.2, 0) is 4.79 Å². The lowest BCUT2D eigenvalue weighted by molar-refractivity contribution is -0.146. The van der Waals surface area contributed by atoms with Crippen LogP contribution < -0.4 is 0 Å². The highest BCUT2D eigenvalue weighted by molar-refractivity contribution is 5.86. The number of carbonyl (C=O) groups excluding carboxylic acids is 1. The summed E-state index contributed by atoms with van der Waals surface area (Å²) < 4.78 is 0. The van der Waals surface area contributed by atoms with Crippen molar-refractivity contribution in [2.45, 2.75) is 60.0 Å². The molecule has 0 saturated heterocycles. The molecule has 84 valence electrons. The normalized spacial score (nSPS) is 21.8. The molecule has 1 aliphatic carbocycles. The zero-order valence-electron chi connectivity index (χ0n) is 9.05. The molecule has 14 heavy (non-hydrogen) atoms. The predicted molar refractivity (Wildman–Crippen MR) is 59.2 cm³/mol. The van der Waals surface area contributed by atoms with Gasteiger partial charge >= 0.3 is 0 Å². The standard InChI is InChI=1S/C11H20O2.CH4/c1-8(9(12)10(2,3)4)11(13)6-5-7-11;/h8,13H,5-7H2,1-4H3;1H4. The third-order valence-electron chi connectivity index (χ3n) is 3.16. The molecule has 1 unspecified atom stereocenters. The summed E-state index contributed by atoms with van der Waals surface area (Å²) in [6, 6.07) is 0. The lowest BCUT2D eigenvalue weighted by Gasteiger charge is -2.42. The van der Waals surface area contributed by atoms with Gasteiger partial charge in [0.1, 0.15) is 5.78 Å². The summed E-state index contributed by atoms with van der Waals surface area (Å²) in [7, 11) is 0. The lowest BCUT2D eigenvalue weighted by Crippen LogP contribution is -2.49. The first-order valence-electron chi connectivity index (χ1n) is 5.04. The van der Waals surface area contributed by atoms with Crippen LogP contribution in [0.25, 0.3) is 0 Å². The Hall–Kier alpha value is -0.370. The molecule has 1 fully saturated rings. The van der Waals surface area contributed by atoms with Gasteiger partial charge in [0.25, 0.3) is 0 Å². The van der Waals surface area contributed by atoms with E-state index < -0.39 is 5.60 Å². The molecule has 0 bridgehead atoms.